The van der Waals surface area contributed by atoms with Crippen LogP contribution in [0.5, 0.6) is 0 Å². The summed E-state index contributed by atoms with van der Waals surface area (Å²) >= 11 is 3.19. The number of carboxylic acid groups (broad SMARTS) is 1. The molecule has 3 aliphatic heterocycles. The van der Waals surface area contributed by atoms with Crippen LogP contribution in [0, 0.1) is 33.1 Å². The van der Waals surface area contributed by atoms with E-state index in [-0.39, 0.29) is 44.0 Å². The van der Waals surface area contributed by atoms with Crippen molar-refractivity contribution < 1.29 is 34.1 Å². The molecule has 3 amide bonds. The number of fused-ring (bicyclic) bond motifs is 3. The van der Waals surface area contributed by atoms with Gasteiger partial charge in [0.05, 0.1) is 46.5 Å². The van der Waals surface area contributed by atoms with Gasteiger partial charge in [-0.05, 0) is 81.7 Å². The van der Waals surface area contributed by atoms with Crippen LogP contribution in [0.1, 0.15) is 110 Å². The van der Waals surface area contributed by atoms with Crippen LogP contribution < -0.4 is 15.5 Å². The number of rotatable bonds is 13. The zero-order valence-corrected chi connectivity index (χ0v) is 40.8. The number of aliphatic hydroxyl groups excluding tert-OH is 1. The smallest absolute Gasteiger partial charge is 0.306 e. The molecule has 2 aromatic carbocycles. The number of aliphatic carboxylic acids is 1. The molecule has 0 aliphatic carbocycles. The second-order valence-electron chi connectivity index (χ2n) is 18.9. The topological polar surface area (TPSA) is 204 Å². The molecule has 0 radical (unpaired) electrons. The number of aliphatic imine (C=N–C) groups is 1. The first-order chi connectivity index (χ1) is 31.9. The summed E-state index contributed by atoms with van der Waals surface area (Å²) in [7, 11) is 0. The molecule has 6 heterocycles. The first-order valence-corrected chi connectivity index (χ1v) is 24.5. The van der Waals surface area contributed by atoms with Crippen molar-refractivity contribution >= 4 is 57.8 Å². The summed E-state index contributed by atoms with van der Waals surface area (Å²) in [5, 5.41) is 36.1. The van der Waals surface area contributed by atoms with Crippen molar-refractivity contribution in [3.8, 4) is 15.4 Å². The number of aromatic nitrogens is 4. The lowest BCUT2D eigenvalue weighted by Gasteiger charge is -2.36. The fourth-order valence-corrected chi connectivity index (χ4v) is 11.3. The number of benzene rings is 2. The number of ether oxygens (including phenoxy) is 1. The van der Waals surface area contributed by atoms with Gasteiger partial charge in [-0.1, -0.05) is 57.2 Å². The highest BCUT2D eigenvalue weighted by atomic mass is 32.1. The Hall–Kier alpha value is -5.82. The lowest BCUT2D eigenvalue weighted by molar-refractivity contribution is -0.145. The molecule has 0 spiro atoms. The third-order valence-corrected chi connectivity index (χ3v) is 15.2. The van der Waals surface area contributed by atoms with Gasteiger partial charge >= 0.3 is 5.97 Å². The number of nitrogens with one attached hydrogen (secondary N) is 2. The highest BCUT2D eigenvalue weighted by Gasteiger charge is 2.45. The van der Waals surface area contributed by atoms with E-state index in [1.54, 1.807) is 22.7 Å². The van der Waals surface area contributed by atoms with Crippen molar-refractivity contribution in [2.75, 3.05) is 31.1 Å². The van der Waals surface area contributed by atoms with Crippen molar-refractivity contribution in [3.05, 3.63) is 98.5 Å². The van der Waals surface area contributed by atoms with Crippen molar-refractivity contribution in [2.24, 2.45) is 10.4 Å². The molecule has 0 bridgehead atoms. The molecule has 3 aromatic heterocycles. The fraction of sp³-hybridized carbons (Fsp3) is 0.469. The second kappa shape index (κ2) is 19.4. The Morgan fingerprint density at radius 2 is 1.67 bits per heavy atom. The molecule has 67 heavy (non-hydrogen) atoms. The molecule has 16 nitrogen and oxygen atoms in total. The van der Waals surface area contributed by atoms with E-state index in [1.165, 1.54) is 4.90 Å². The van der Waals surface area contributed by atoms with Gasteiger partial charge in [0.15, 0.2) is 5.82 Å². The third kappa shape index (κ3) is 10.1. The van der Waals surface area contributed by atoms with Gasteiger partial charge in [0.2, 0.25) is 17.7 Å². The van der Waals surface area contributed by atoms with Gasteiger partial charge in [0, 0.05) is 47.7 Å². The minimum absolute atomic E-state index is 0.0247. The minimum Gasteiger partial charge on any atom is -0.481 e. The summed E-state index contributed by atoms with van der Waals surface area (Å²) < 4.78 is 8.15. The molecule has 5 aromatic rings. The number of thiophene rings is 1. The quantitative estimate of drug-likeness (QED) is 0.102. The number of amides is 3. The van der Waals surface area contributed by atoms with E-state index in [0.29, 0.717) is 23.9 Å². The molecule has 2 saturated heterocycles. The zero-order chi connectivity index (χ0) is 47.9. The van der Waals surface area contributed by atoms with Crippen LogP contribution in [0.3, 0.4) is 0 Å². The third-order valence-electron chi connectivity index (χ3n) is 13.0. The molecule has 1 unspecified atom stereocenters. The second-order valence-corrected chi connectivity index (χ2v) is 21.0. The van der Waals surface area contributed by atoms with E-state index in [2.05, 4.69) is 44.6 Å². The largest absolute Gasteiger partial charge is 0.481 e. The van der Waals surface area contributed by atoms with Gasteiger partial charge in [-0.3, -0.25) is 28.7 Å². The van der Waals surface area contributed by atoms with Crippen LogP contribution in [-0.4, -0.2) is 115 Å². The Morgan fingerprint density at radius 1 is 0.955 bits per heavy atom. The SMILES string of the molecule is Cc1ncsc1-c1ccc([C@H](C)NC(=O)[C@@H]2C[C@@H](O)CN2C(=O)[C@@H](NC(=O)COC2CCCN(c3ccc(C4=N[C@@H](CC(=O)O)c5nnc(C)n5-c5sc(C)c(C)c54)cc3)C2)C(C)(C)C)cc1. The lowest BCUT2D eigenvalue weighted by Crippen LogP contribution is -2.58. The number of hydrogen-bond donors (Lipinski definition) is 4. The highest BCUT2D eigenvalue weighted by molar-refractivity contribution is 7.15. The van der Waals surface area contributed by atoms with Gasteiger partial charge in [-0.15, -0.1) is 32.9 Å². The van der Waals surface area contributed by atoms with E-state index in [1.807, 2.05) is 100 Å². The molecule has 3 aliphatic rings. The van der Waals surface area contributed by atoms with Crippen molar-refractivity contribution in [1.29, 1.82) is 0 Å². The van der Waals surface area contributed by atoms with Gasteiger partial charge in [-0.2, -0.15) is 0 Å². The van der Waals surface area contributed by atoms with Gasteiger partial charge in [-0.25, -0.2) is 4.98 Å². The maximum absolute atomic E-state index is 14.3. The average Bonchev–Trinajstić information content (AvgIpc) is 4.06. The maximum atomic E-state index is 14.3. The van der Waals surface area contributed by atoms with E-state index < -0.39 is 47.4 Å². The molecule has 6 atom stereocenters. The number of aliphatic hydroxyl groups is 1. The predicted molar refractivity (Wildman–Crippen MR) is 258 cm³/mol. The molecule has 8 rings (SSSR count). The van der Waals surface area contributed by atoms with E-state index in [9.17, 15) is 29.4 Å². The van der Waals surface area contributed by atoms with Crippen LogP contribution in [0.2, 0.25) is 0 Å². The van der Waals surface area contributed by atoms with Crippen LogP contribution in [-0.2, 0) is 23.9 Å². The molecule has 4 N–H and O–H groups in total. The van der Waals surface area contributed by atoms with Gasteiger partial charge < -0.3 is 35.4 Å². The van der Waals surface area contributed by atoms with Crippen molar-refractivity contribution in [3.63, 3.8) is 0 Å². The number of anilines is 1. The Balaban J connectivity index is 0.893. The number of carbonyl (C=O) groups is 4. The summed E-state index contributed by atoms with van der Waals surface area (Å²) in [6.07, 6.45) is 0.322. The summed E-state index contributed by atoms with van der Waals surface area (Å²) in [6.45, 7) is 16.5. The molecular weight excluding hydrogens is 891 g/mol. The number of nitrogens with zero attached hydrogens (tertiary/aromatic N) is 7. The van der Waals surface area contributed by atoms with Gasteiger partial charge in [0.1, 0.15) is 35.6 Å². The number of likely N-dealkylation sites (tertiary alicyclic amines) is 1. The summed E-state index contributed by atoms with van der Waals surface area (Å²) in [5.74, 6) is -1.05. The number of carbonyl (C=O) groups excluding carboxylic acids is 3. The first kappa shape index (κ1) is 47.7. The van der Waals surface area contributed by atoms with Crippen LogP contribution in [0.4, 0.5) is 5.69 Å². The van der Waals surface area contributed by atoms with Crippen LogP contribution in [0.15, 0.2) is 59.0 Å². The molecule has 2 fully saturated rings. The summed E-state index contributed by atoms with van der Waals surface area (Å²) in [5.41, 5.74) is 8.57. The van der Waals surface area contributed by atoms with Crippen LogP contribution >= 0.6 is 22.7 Å². The number of piperidine rings is 1. The Bertz CT molecular complexity index is 2680. The summed E-state index contributed by atoms with van der Waals surface area (Å²) in [6, 6.07) is 13.1. The Labute approximate surface area is 398 Å². The minimum atomic E-state index is -0.983. The first-order valence-electron chi connectivity index (χ1n) is 22.8. The Kier molecular flexibility index (Phi) is 13.8. The number of β-amino-alcohol motifs (C(OH)–C–C–N with tert-alkyl or cyclic N) is 1. The predicted octanol–water partition coefficient (Wildman–Crippen LogP) is 6.41. The number of aryl methyl sites for hydroxylation is 3. The molecule has 0 saturated carbocycles. The summed E-state index contributed by atoms with van der Waals surface area (Å²) in [4.78, 5) is 68.9. The zero-order valence-electron chi connectivity index (χ0n) is 39.2. The normalized spacial score (nSPS) is 20.3. The van der Waals surface area contributed by atoms with E-state index in [0.717, 1.165) is 73.3 Å². The van der Waals surface area contributed by atoms with E-state index in [4.69, 9.17) is 9.73 Å². The fourth-order valence-electron chi connectivity index (χ4n) is 9.24. The molecule has 354 valence electrons. The van der Waals surface area contributed by atoms with E-state index >= 15 is 0 Å². The standard InChI is InChI=1S/C49H59N9O7S2/c1-26-29(4)67-48-41(26)42(52-37(21-40(61)62)45-55-54-30(5)58(45)48)32-15-17-34(18-16-32)56-19-9-10-36(23-56)65-24-39(60)53-44(49(6,7)8)47(64)57-22-35(59)20-38(57)46(63)51-27(2)31-11-13-33(14-12-31)43-28(3)50-25-66-43/h11-18,25,27,35-38,44,59H,9-10,19-24H2,1-8H3,(H,51,63)(H,53,60)(H,61,62)/t27-,35+,36?,37-,38-,44+/m0/s1. The van der Waals surface area contributed by atoms with Gasteiger partial charge in [0.25, 0.3) is 0 Å². The molecular formula is C49H59N9O7S2. The number of hydrogen-bond acceptors (Lipinski definition) is 13. The average molecular weight is 950 g/mol. The number of thiazole rings is 1. The monoisotopic (exact) mass is 949 g/mol. The van der Waals surface area contributed by atoms with Crippen molar-refractivity contribution in [2.45, 2.75) is 117 Å². The lowest BCUT2D eigenvalue weighted by atomic mass is 9.85. The Morgan fingerprint density at radius 3 is 2.34 bits per heavy atom. The highest BCUT2D eigenvalue weighted by Crippen LogP contribution is 2.40. The van der Waals surface area contributed by atoms with Crippen molar-refractivity contribution in [1.82, 2.24) is 35.3 Å². The molecule has 18 heteroatoms. The van der Waals surface area contributed by atoms with Crippen LogP contribution in [0.25, 0.3) is 15.4 Å². The number of carboxylic acids is 1. The maximum Gasteiger partial charge on any atom is 0.306 e.